The third kappa shape index (κ3) is 2.72. The quantitative estimate of drug-likeness (QED) is 0.832. The molecule has 0 amide bonds. The molecule has 96 valence electrons. The zero-order valence-corrected chi connectivity index (χ0v) is 11.7. The fraction of sp³-hybridized carbons (Fsp3) is 0.714. The average molecular weight is 253 g/mol. The van der Waals surface area contributed by atoms with Gasteiger partial charge in [0, 0.05) is 16.9 Å². The van der Waals surface area contributed by atoms with E-state index < -0.39 is 0 Å². The zero-order chi connectivity index (χ0) is 12.3. The normalized spacial score (nSPS) is 22.1. The molecule has 1 aromatic heterocycles. The van der Waals surface area contributed by atoms with Gasteiger partial charge in [0.1, 0.15) is 0 Å². The summed E-state index contributed by atoms with van der Waals surface area (Å²) in [5.41, 5.74) is 6.35. The Balaban J connectivity index is 2.21. The highest BCUT2D eigenvalue weighted by Gasteiger charge is 2.38. The second-order valence-electron chi connectivity index (χ2n) is 5.11. The van der Waals surface area contributed by atoms with Crippen LogP contribution in [0, 0.1) is 6.92 Å². The monoisotopic (exact) mass is 253 g/mol. The topological polar surface area (TPSA) is 35.2 Å². The predicted octanol–water partition coefficient (Wildman–Crippen LogP) is 3.80. The first-order chi connectivity index (χ1) is 8.18. The number of hydrogen-bond acceptors (Lipinski definition) is 3. The smallest absolute Gasteiger partial charge is 0.0878 e. The molecule has 0 saturated heterocycles. The minimum atomic E-state index is -0.131. The van der Waals surface area contributed by atoms with Crippen molar-refractivity contribution in [1.82, 2.24) is 0 Å². The highest BCUT2D eigenvalue weighted by molar-refractivity contribution is 7.12. The molecule has 1 aliphatic rings. The lowest BCUT2D eigenvalue weighted by Gasteiger charge is -2.36. The van der Waals surface area contributed by atoms with E-state index in [1.807, 2.05) is 7.11 Å². The molecule has 1 saturated carbocycles. The van der Waals surface area contributed by atoms with Crippen molar-refractivity contribution in [2.75, 3.05) is 7.11 Å². The van der Waals surface area contributed by atoms with E-state index >= 15 is 0 Å². The lowest BCUT2D eigenvalue weighted by molar-refractivity contribution is -0.0434. The summed E-state index contributed by atoms with van der Waals surface area (Å²) in [4.78, 5) is 2.60. The summed E-state index contributed by atoms with van der Waals surface area (Å²) in [6.45, 7) is 2.13. The SMILES string of the molecule is COC1(C(N)c2ccc(C)s2)CCCCCC1. The molecule has 1 aliphatic carbocycles. The van der Waals surface area contributed by atoms with Gasteiger partial charge in [0.15, 0.2) is 0 Å². The Morgan fingerprint density at radius 1 is 1.24 bits per heavy atom. The second kappa shape index (κ2) is 5.51. The van der Waals surface area contributed by atoms with Crippen LogP contribution in [0.5, 0.6) is 0 Å². The van der Waals surface area contributed by atoms with E-state index in [2.05, 4.69) is 19.1 Å². The van der Waals surface area contributed by atoms with Gasteiger partial charge in [-0.25, -0.2) is 0 Å². The fourth-order valence-electron chi connectivity index (χ4n) is 2.85. The molecule has 2 nitrogen and oxygen atoms in total. The van der Waals surface area contributed by atoms with Crippen molar-refractivity contribution in [2.45, 2.75) is 57.1 Å². The van der Waals surface area contributed by atoms with Crippen LogP contribution in [-0.4, -0.2) is 12.7 Å². The molecule has 0 aliphatic heterocycles. The molecular formula is C14H23NOS. The van der Waals surface area contributed by atoms with Crippen LogP contribution in [0.4, 0.5) is 0 Å². The first-order valence-corrected chi connectivity index (χ1v) is 7.37. The molecule has 0 bridgehead atoms. The zero-order valence-electron chi connectivity index (χ0n) is 10.9. The van der Waals surface area contributed by atoms with E-state index in [9.17, 15) is 0 Å². The number of thiophene rings is 1. The van der Waals surface area contributed by atoms with Gasteiger partial charge in [-0.15, -0.1) is 11.3 Å². The number of ether oxygens (including phenoxy) is 1. The molecule has 1 heterocycles. The summed E-state index contributed by atoms with van der Waals surface area (Å²) in [5, 5.41) is 0. The van der Waals surface area contributed by atoms with Crippen molar-refractivity contribution in [3.05, 3.63) is 21.9 Å². The molecule has 1 aromatic rings. The van der Waals surface area contributed by atoms with Crippen LogP contribution >= 0.6 is 11.3 Å². The van der Waals surface area contributed by atoms with Crippen LogP contribution in [0.2, 0.25) is 0 Å². The van der Waals surface area contributed by atoms with E-state index in [1.54, 1.807) is 11.3 Å². The Bertz CT molecular complexity index is 353. The van der Waals surface area contributed by atoms with Crippen molar-refractivity contribution >= 4 is 11.3 Å². The number of aryl methyl sites for hydroxylation is 1. The summed E-state index contributed by atoms with van der Waals surface area (Å²) in [7, 11) is 1.83. The standard InChI is InChI=1S/C14H23NOS/c1-11-7-8-12(17-11)13(15)14(16-2)9-5-3-4-6-10-14/h7-8,13H,3-6,9-10,15H2,1-2H3. The Kier molecular flexibility index (Phi) is 4.23. The van der Waals surface area contributed by atoms with Gasteiger partial charge in [-0.1, -0.05) is 25.7 Å². The summed E-state index contributed by atoms with van der Waals surface area (Å²) >= 11 is 1.81. The third-order valence-electron chi connectivity index (χ3n) is 3.99. The van der Waals surface area contributed by atoms with Crippen molar-refractivity contribution in [1.29, 1.82) is 0 Å². The highest BCUT2D eigenvalue weighted by atomic mass is 32.1. The van der Waals surface area contributed by atoms with Crippen LogP contribution in [0.3, 0.4) is 0 Å². The number of rotatable bonds is 3. The Labute approximate surface area is 108 Å². The first-order valence-electron chi connectivity index (χ1n) is 6.55. The maximum absolute atomic E-state index is 6.48. The van der Waals surface area contributed by atoms with E-state index in [-0.39, 0.29) is 11.6 Å². The summed E-state index contributed by atoms with van der Waals surface area (Å²) in [6, 6.07) is 4.35. The van der Waals surface area contributed by atoms with Gasteiger partial charge >= 0.3 is 0 Å². The summed E-state index contributed by atoms with van der Waals surface area (Å²) < 4.78 is 5.87. The van der Waals surface area contributed by atoms with E-state index in [0.717, 1.165) is 12.8 Å². The van der Waals surface area contributed by atoms with Crippen molar-refractivity contribution in [2.24, 2.45) is 5.73 Å². The largest absolute Gasteiger partial charge is 0.376 e. The Morgan fingerprint density at radius 2 is 1.88 bits per heavy atom. The van der Waals surface area contributed by atoms with Gasteiger partial charge < -0.3 is 10.5 Å². The molecule has 0 radical (unpaired) electrons. The van der Waals surface area contributed by atoms with Crippen LogP contribution < -0.4 is 5.73 Å². The van der Waals surface area contributed by atoms with Gasteiger partial charge in [0.2, 0.25) is 0 Å². The maximum Gasteiger partial charge on any atom is 0.0878 e. The third-order valence-corrected chi connectivity index (χ3v) is 5.07. The predicted molar refractivity (Wildman–Crippen MR) is 73.4 cm³/mol. The molecule has 3 heteroatoms. The highest BCUT2D eigenvalue weighted by Crippen LogP contribution is 2.40. The van der Waals surface area contributed by atoms with E-state index in [4.69, 9.17) is 10.5 Å². The van der Waals surface area contributed by atoms with Crippen LogP contribution in [0.25, 0.3) is 0 Å². The van der Waals surface area contributed by atoms with Crippen molar-refractivity contribution in [3.8, 4) is 0 Å². The Morgan fingerprint density at radius 3 is 2.35 bits per heavy atom. The maximum atomic E-state index is 6.48. The molecule has 0 spiro atoms. The molecule has 2 rings (SSSR count). The first kappa shape index (κ1) is 13.1. The molecule has 1 unspecified atom stereocenters. The number of hydrogen-bond donors (Lipinski definition) is 1. The lowest BCUT2D eigenvalue weighted by Crippen LogP contribution is -2.42. The molecule has 1 fully saturated rings. The van der Waals surface area contributed by atoms with Crippen LogP contribution in [0.15, 0.2) is 12.1 Å². The minimum Gasteiger partial charge on any atom is -0.376 e. The second-order valence-corrected chi connectivity index (χ2v) is 6.43. The number of nitrogens with two attached hydrogens (primary N) is 1. The average Bonchev–Trinajstić information content (AvgIpc) is 2.64. The van der Waals surface area contributed by atoms with Gasteiger partial charge in [0.05, 0.1) is 11.6 Å². The van der Waals surface area contributed by atoms with Crippen LogP contribution in [0.1, 0.15) is 54.3 Å². The van der Waals surface area contributed by atoms with Crippen molar-refractivity contribution in [3.63, 3.8) is 0 Å². The van der Waals surface area contributed by atoms with E-state index in [1.165, 1.54) is 35.4 Å². The Hall–Kier alpha value is -0.380. The van der Waals surface area contributed by atoms with Crippen LogP contribution in [-0.2, 0) is 4.74 Å². The van der Waals surface area contributed by atoms with Gasteiger partial charge in [-0.05, 0) is 31.9 Å². The molecular weight excluding hydrogens is 230 g/mol. The number of methoxy groups -OCH3 is 1. The summed E-state index contributed by atoms with van der Waals surface area (Å²) in [6.07, 6.45) is 7.32. The summed E-state index contributed by atoms with van der Waals surface area (Å²) in [5.74, 6) is 0. The lowest BCUT2D eigenvalue weighted by atomic mass is 9.85. The molecule has 1 atom stereocenters. The molecule has 2 N–H and O–H groups in total. The molecule has 0 aromatic carbocycles. The molecule has 17 heavy (non-hydrogen) atoms. The van der Waals surface area contributed by atoms with Gasteiger partial charge in [0.25, 0.3) is 0 Å². The minimum absolute atomic E-state index is 0.0318. The van der Waals surface area contributed by atoms with Crippen molar-refractivity contribution < 1.29 is 4.74 Å². The van der Waals surface area contributed by atoms with E-state index in [0.29, 0.717) is 0 Å². The van der Waals surface area contributed by atoms with Gasteiger partial charge in [-0.2, -0.15) is 0 Å². The fourth-order valence-corrected chi connectivity index (χ4v) is 3.83. The van der Waals surface area contributed by atoms with Gasteiger partial charge in [-0.3, -0.25) is 0 Å².